The van der Waals surface area contributed by atoms with Crippen molar-refractivity contribution in [1.29, 1.82) is 0 Å². The zero-order valence-corrected chi connectivity index (χ0v) is 17.1. The summed E-state index contributed by atoms with van der Waals surface area (Å²) in [5.41, 5.74) is 3.74. The van der Waals surface area contributed by atoms with E-state index in [9.17, 15) is 5.21 Å². The van der Waals surface area contributed by atoms with Crippen LogP contribution in [0.3, 0.4) is 0 Å². The van der Waals surface area contributed by atoms with Gasteiger partial charge in [-0.2, -0.15) is 0 Å². The van der Waals surface area contributed by atoms with Crippen LogP contribution in [0.15, 0.2) is 60.9 Å². The van der Waals surface area contributed by atoms with Gasteiger partial charge in [0, 0.05) is 34.1 Å². The quantitative estimate of drug-likeness (QED) is 0.200. The summed E-state index contributed by atoms with van der Waals surface area (Å²) in [4.78, 5) is 4.18. The van der Waals surface area contributed by atoms with Gasteiger partial charge in [0.25, 0.3) is 5.52 Å². The Bertz CT molecular complexity index is 1100. The summed E-state index contributed by atoms with van der Waals surface area (Å²) in [6.07, 6.45) is 3.09. The lowest BCUT2D eigenvalue weighted by Crippen LogP contribution is -2.30. The standard InChI is InChI=1S/C10H8Cl2NO.C10H7Cl2N.CH4/c11-5-7-1-2-10-8(3-7)4-9(12)6-13(10)14;11-5-7-1-2-10-8(3-7)4-9(12)6-13-10;/h1-4,6,14H,5H2;1-4,6H,5H2;1H4/q+1;;. The van der Waals surface area contributed by atoms with Gasteiger partial charge in [0.2, 0.25) is 6.20 Å². The Hall–Kier alpha value is -1.78. The summed E-state index contributed by atoms with van der Waals surface area (Å²) in [6, 6.07) is 15.2. The van der Waals surface area contributed by atoms with Gasteiger partial charge in [-0.3, -0.25) is 10.2 Å². The number of nitrogens with zero attached hydrogens (tertiary/aromatic N) is 2. The molecule has 0 aliphatic heterocycles. The van der Waals surface area contributed by atoms with Crippen molar-refractivity contribution in [1.82, 2.24) is 4.98 Å². The van der Waals surface area contributed by atoms with E-state index in [-0.39, 0.29) is 7.43 Å². The fourth-order valence-electron chi connectivity index (χ4n) is 2.62. The summed E-state index contributed by atoms with van der Waals surface area (Å²) in [5.74, 6) is 0.969. The van der Waals surface area contributed by atoms with Crippen molar-refractivity contribution >= 4 is 68.2 Å². The Morgan fingerprint density at radius 2 is 1.43 bits per heavy atom. The number of benzene rings is 2. The van der Waals surface area contributed by atoms with Crippen LogP contribution in [-0.2, 0) is 11.8 Å². The summed E-state index contributed by atoms with van der Waals surface area (Å²) >= 11 is 23.0. The summed E-state index contributed by atoms with van der Waals surface area (Å²) in [6.45, 7) is 0. The molecule has 4 aromatic rings. The molecule has 0 saturated carbocycles. The first-order chi connectivity index (χ1) is 13.0. The Balaban J connectivity index is 0.000000194. The molecule has 0 saturated heterocycles. The van der Waals surface area contributed by atoms with Crippen LogP contribution in [0.1, 0.15) is 18.6 Å². The van der Waals surface area contributed by atoms with E-state index in [1.54, 1.807) is 12.3 Å². The highest BCUT2D eigenvalue weighted by Crippen LogP contribution is 2.19. The van der Waals surface area contributed by atoms with Crippen LogP contribution < -0.4 is 4.73 Å². The molecule has 0 fully saturated rings. The van der Waals surface area contributed by atoms with Crippen LogP contribution in [0.25, 0.3) is 21.8 Å². The molecular weight excluding hydrogens is 438 g/mol. The first-order valence-corrected chi connectivity index (χ1v) is 9.82. The van der Waals surface area contributed by atoms with Crippen molar-refractivity contribution in [3.8, 4) is 0 Å². The molecule has 4 rings (SSSR count). The lowest BCUT2D eigenvalue weighted by molar-refractivity contribution is -0.884. The third kappa shape index (κ3) is 5.39. The number of halogens is 4. The molecule has 0 amide bonds. The lowest BCUT2D eigenvalue weighted by Gasteiger charge is -1.99. The molecule has 0 bridgehead atoms. The van der Waals surface area contributed by atoms with Gasteiger partial charge < -0.3 is 0 Å². The molecular formula is C21H19Cl4N2O+. The molecule has 0 atom stereocenters. The van der Waals surface area contributed by atoms with Crippen LogP contribution in [-0.4, -0.2) is 10.2 Å². The molecule has 0 aliphatic carbocycles. The topological polar surface area (TPSA) is 37.0 Å². The van der Waals surface area contributed by atoms with Gasteiger partial charge in [-0.05, 0) is 41.5 Å². The molecule has 2 aromatic carbocycles. The zero-order chi connectivity index (χ0) is 19.4. The highest BCUT2D eigenvalue weighted by molar-refractivity contribution is 6.31. The van der Waals surface area contributed by atoms with E-state index in [2.05, 4.69) is 4.98 Å². The summed E-state index contributed by atoms with van der Waals surface area (Å²) < 4.78 is 1.01. The third-order valence-electron chi connectivity index (χ3n) is 3.90. The average Bonchev–Trinajstić information content (AvgIpc) is 2.67. The largest absolute Gasteiger partial charge is 0.284 e. The maximum Gasteiger partial charge on any atom is 0.264 e. The van der Waals surface area contributed by atoms with Gasteiger partial charge in [0.05, 0.1) is 15.9 Å². The normalized spacial score (nSPS) is 10.3. The van der Waals surface area contributed by atoms with Crippen LogP contribution in [0.2, 0.25) is 10.0 Å². The van der Waals surface area contributed by atoms with Crippen molar-refractivity contribution in [2.45, 2.75) is 19.2 Å². The SMILES string of the molecule is C.ClCc1ccc2ncc(Cl)cc2c1.O[n+]1cc(Cl)cc2cc(CCl)ccc21. The Labute approximate surface area is 184 Å². The number of hydrogen-bond acceptors (Lipinski definition) is 2. The zero-order valence-electron chi connectivity index (χ0n) is 14.0. The first-order valence-electron chi connectivity index (χ1n) is 7.99. The molecule has 28 heavy (non-hydrogen) atoms. The van der Waals surface area contributed by atoms with E-state index >= 15 is 0 Å². The van der Waals surface area contributed by atoms with Crippen molar-refractivity contribution in [2.75, 3.05) is 0 Å². The van der Waals surface area contributed by atoms with E-state index in [0.29, 0.717) is 27.3 Å². The summed E-state index contributed by atoms with van der Waals surface area (Å²) in [7, 11) is 0. The Morgan fingerprint density at radius 1 is 0.821 bits per heavy atom. The maximum atomic E-state index is 9.51. The number of aromatic nitrogens is 2. The van der Waals surface area contributed by atoms with Crippen molar-refractivity contribution in [3.05, 3.63) is 82.1 Å². The number of fused-ring (bicyclic) bond motifs is 2. The van der Waals surface area contributed by atoms with Gasteiger partial charge in [-0.15, -0.1) is 23.2 Å². The molecule has 2 aromatic heterocycles. The minimum absolute atomic E-state index is 0. The third-order valence-corrected chi connectivity index (χ3v) is 4.93. The second kappa shape index (κ2) is 10.1. The molecule has 0 radical (unpaired) electrons. The van der Waals surface area contributed by atoms with Crippen LogP contribution in [0, 0.1) is 0 Å². The maximum absolute atomic E-state index is 9.51. The first kappa shape index (κ1) is 22.5. The predicted octanol–water partition coefficient (Wildman–Crippen LogP) is 7.02. The Morgan fingerprint density at radius 3 is 2.11 bits per heavy atom. The second-order valence-corrected chi connectivity index (χ2v) is 7.25. The number of alkyl halides is 2. The monoisotopic (exact) mass is 455 g/mol. The van der Waals surface area contributed by atoms with E-state index in [4.69, 9.17) is 46.4 Å². The number of hydrogen-bond donors (Lipinski definition) is 1. The van der Waals surface area contributed by atoms with Gasteiger partial charge in [-0.1, -0.05) is 42.8 Å². The van der Waals surface area contributed by atoms with E-state index in [1.165, 1.54) is 6.20 Å². The van der Waals surface area contributed by atoms with Crippen molar-refractivity contribution in [2.24, 2.45) is 0 Å². The molecule has 2 heterocycles. The van der Waals surface area contributed by atoms with Gasteiger partial charge >= 0.3 is 0 Å². The van der Waals surface area contributed by atoms with Gasteiger partial charge in [0.15, 0.2) is 0 Å². The van der Waals surface area contributed by atoms with Crippen LogP contribution in [0.5, 0.6) is 0 Å². The minimum Gasteiger partial charge on any atom is -0.284 e. The average molecular weight is 457 g/mol. The van der Waals surface area contributed by atoms with Crippen LogP contribution in [0.4, 0.5) is 0 Å². The summed E-state index contributed by atoms with van der Waals surface area (Å²) in [5, 5.41) is 12.6. The highest BCUT2D eigenvalue weighted by Gasteiger charge is 2.09. The highest BCUT2D eigenvalue weighted by atomic mass is 35.5. The number of rotatable bonds is 2. The second-order valence-electron chi connectivity index (χ2n) is 5.84. The molecule has 7 heteroatoms. The molecule has 146 valence electrons. The molecule has 1 N–H and O–H groups in total. The molecule has 3 nitrogen and oxygen atoms in total. The van der Waals surface area contributed by atoms with Crippen LogP contribution >= 0.6 is 46.4 Å². The van der Waals surface area contributed by atoms with Crippen molar-refractivity contribution in [3.63, 3.8) is 0 Å². The number of pyridine rings is 2. The Kier molecular flexibility index (Phi) is 8.14. The fourth-order valence-corrected chi connectivity index (χ4v) is 3.33. The lowest BCUT2D eigenvalue weighted by atomic mass is 10.1. The molecule has 0 aliphatic rings. The van der Waals surface area contributed by atoms with E-state index in [0.717, 1.165) is 32.1 Å². The van der Waals surface area contributed by atoms with Gasteiger partial charge in [0.1, 0.15) is 5.02 Å². The smallest absolute Gasteiger partial charge is 0.264 e. The van der Waals surface area contributed by atoms with Gasteiger partial charge in [-0.25, -0.2) is 0 Å². The predicted molar refractivity (Wildman–Crippen MR) is 119 cm³/mol. The van der Waals surface area contributed by atoms with E-state index in [1.807, 2.05) is 42.5 Å². The minimum atomic E-state index is 0. The molecule has 0 unspecified atom stereocenters. The van der Waals surface area contributed by atoms with Crippen molar-refractivity contribution < 1.29 is 9.94 Å². The van der Waals surface area contributed by atoms with E-state index < -0.39 is 0 Å². The fraction of sp³-hybridized carbons (Fsp3) is 0.143. The molecule has 0 spiro atoms.